The Bertz CT molecular complexity index is 672. The highest BCUT2D eigenvalue weighted by Gasteiger charge is 2.41. The maximum Gasteiger partial charge on any atom is 0.251 e. The smallest absolute Gasteiger partial charge is 0.251 e. The van der Waals surface area contributed by atoms with Crippen molar-refractivity contribution in [3.05, 3.63) is 33.8 Å². The highest BCUT2D eigenvalue weighted by Crippen LogP contribution is 2.35. The number of rotatable bonds is 2. The second kappa shape index (κ2) is 7.52. The lowest BCUT2D eigenvalue weighted by Crippen LogP contribution is -2.54. The first kappa shape index (κ1) is 18.5. The zero-order valence-electron chi connectivity index (χ0n) is 14.2. The molecule has 0 aliphatic carbocycles. The number of ether oxygens (including phenoxy) is 1. The fourth-order valence-electron chi connectivity index (χ4n) is 3.63. The lowest BCUT2D eigenvalue weighted by molar-refractivity contribution is -0.142. The Labute approximate surface area is 157 Å². The van der Waals surface area contributed by atoms with E-state index in [2.05, 4.69) is 5.32 Å². The quantitative estimate of drug-likeness (QED) is 0.850. The van der Waals surface area contributed by atoms with Crippen LogP contribution in [0, 0.1) is 0 Å². The topological polar surface area (TPSA) is 58.6 Å². The molecule has 0 saturated carbocycles. The van der Waals surface area contributed by atoms with Crippen molar-refractivity contribution in [3.63, 3.8) is 0 Å². The number of carbonyl (C=O) groups excluding carboxylic acids is 2. The highest BCUT2D eigenvalue weighted by atomic mass is 35.5. The van der Waals surface area contributed by atoms with E-state index in [4.69, 9.17) is 27.9 Å². The first-order valence-corrected chi connectivity index (χ1v) is 9.29. The van der Waals surface area contributed by atoms with Gasteiger partial charge in [0, 0.05) is 38.2 Å². The molecule has 1 spiro atoms. The molecule has 1 aromatic rings. The number of carbonyl (C=O) groups is 2. The van der Waals surface area contributed by atoms with Crippen molar-refractivity contribution in [1.82, 2.24) is 10.2 Å². The van der Waals surface area contributed by atoms with Gasteiger partial charge < -0.3 is 15.0 Å². The SMILES string of the molecule is CC(=O)N1CCC2(CC1)CC(NC(=O)c1ccc(Cl)c(Cl)c1)CCO2. The minimum absolute atomic E-state index is 0.0552. The first-order valence-electron chi connectivity index (χ1n) is 8.54. The van der Waals surface area contributed by atoms with Crippen molar-refractivity contribution in [3.8, 4) is 0 Å². The van der Waals surface area contributed by atoms with E-state index in [1.807, 2.05) is 4.90 Å². The predicted octanol–water partition coefficient (Wildman–Crippen LogP) is 3.28. The van der Waals surface area contributed by atoms with Crippen LogP contribution in [0.2, 0.25) is 10.0 Å². The normalized spacial score (nSPS) is 22.7. The molecule has 2 saturated heterocycles. The molecule has 1 unspecified atom stereocenters. The van der Waals surface area contributed by atoms with Gasteiger partial charge in [0.05, 0.1) is 15.6 Å². The number of hydrogen-bond acceptors (Lipinski definition) is 3. The van der Waals surface area contributed by atoms with E-state index in [0.29, 0.717) is 35.3 Å². The standard InChI is InChI=1S/C18H22Cl2N2O3/c1-12(23)22-7-5-18(6-8-22)11-14(4-9-25-18)21-17(24)13-2-3-15(19)16(20)10-13/h2-3,10,14H,4-9,11H2,1H3,(H,21,24). The van der Waals surface area contributed by atoms with Gasteiger partial charge in [-0.05, 0) is 43.9 Å². The molecule has 0 radical (unpaired) electrons. The summed E-state index contributed by atoms with van der Waals surface area (Å²) in [6.45, 7) is 3.64. The van der Waals surface area contributed by atoms with E-state index in [1.165, 1.54) is 0 Å². The van der Waals surface area contributed by atoms with Gasteiger partial charge in [0.1, 0.15) is 0 Å². The van der Waals surface area contributed by atoms with Crippen molar-refractivity contribution >= 4 is 35.0 Å². The second-order valence-electron chi connectivity index (χ2n) is 6.83. The Morgan fingerprint density at radius 3 is 2.60 bits per heavy atom. The summed E-state index contributed by atoms with van der Waals surface area (Å²) in [6.07, 6.45) is 3.18. The van der Waals surface area contributed by atoms with Crippen LogP contribution < -0.4 is 5.32 Å². The van der Waals surface area contributed by atoms with E-state index >= 15 is 0 Å². The number of amides is 2. The van der Waals surface area contributed by atoms with Crippen molar-refractivity contribution in [2.45, 2.75) is 44.2 Å². The number of nitrogens with zero attached hydrogens (tertiary/aromatic N) is 1. The Hall–Kier alpha value is -1.30. The fraction of sp³-hybridized carbons (Fsp3) is 0.556. The van der Waals surface area contributed by atoms with Gasteiger partial charge >= 0.3 is 0 Å². The number of benzene rings is 1. The van der Waals surface area contributed by atoms with Crippen LogP contribution in [0.15, 0.2) is 18.2 Å². The minimum atomic E-state index is -0.236. The molecule has 2 amide bonds. The van der Waals surface area contributed by atoms with Crippen LogP contribution in [0.4, 0.5) is 0 Å². The number of hydrogen-bond donors (Lipinski definition) is 1. The molecule has 0 bridgehead atoms. The van der Waals surface area contributed by atoms with Crippen LogP contribution >= 0.6 is 23.2 Å². The lowest BCUT2D eigenvalue weighted by atomic mass is 9.82. The summed E-state index contributed by atoms with van der Waals surface area (Å²) in [4.78, 5) is 25.8. The van der Waals surface area contributed by atoms with Gasteiger partial charge in [-0.2, -0.15) is 0 Å². The van der Waals surface area contributed by atoms with Crippen LogP contribution in [-0.4, -0.2) is 48.1 Å². The summed E-state index contributed by atoms with van der Waals surface area (Å²) in [6, 6.07) is 4.94. The molecule has 1 aromatic carbocycles. The van der Waals surface area contributed by atoms with Crippen molar-refractivity contribution in [1.29, 1.82) is 0 Å². The Kier molecular flexibility index (Phi) is 5.56. The summed E-state index contributed by atoms with van der Waals surface area (Å²) in [5.74, 6) is -0.0445. The maximum absolute atomic E-state index is 12.5. The Morgan fingerprint density at radius 1 is 1.24 bits per heavy atom. The minimum Gasteiger partial charge on any atom is -0.375 e. The zero-order valence-corrected chi connectivity index (χ0v) is 15.7. The van der Waals surface area contributed by atoms with Gasteiger partial charge in [-0.25, -0.2) is 0 Å². The van der Waals surface area contributed by atoms with Gasteiger partial charge in [0.25, 0.3) is 5.91 Å². The summed E-state index contributed by atoms with van der Waals surface area (Å²) < 4.78 is 6.06. The molecule has 2 aliphatic heterocycles. The Morgan fingerprint density at radius 2 is 1.96 bits per heavy atom. The summed E-state index contributed by atoms with van der Waals surface area (Å²) in [7, 11) is 0. The molecule has 25 heavy (non-hydrogen) atoms. The third-order valence-electron chi connectivity index (χ3n) is 5.13. The maximum atomic E-state index is 12.5. The number of likely N-dealkylation sites (tertiary alicyclic amines) is 1. The number of halogens is 2. The average molecular weight is 385 g/mol. The molecule has 2 fully saturated rings. The van der Waals surface area contributed by atoms with Crippen LogP contribution in [0.3, 0.4) is 0 Å². The summed E-state index contributed by atoms with van der Waals surface area (Å²) >= 11 is 11.9. The molecule has 5 nitrogen and oxygen atoms in total. The highest BCUT2D eigenvalue weighted by molar-refractivity contribution is 6.42. The molecule has 7 heteroatoms. The van der Waals surface area contributed by atoms with Crippen molar-refractivity contribution in [2.24, 2.45) is 0 Å². The first-order chi connectivity index (χ1) is 11.9. The molecule has 0 aromatic heterocycles. The third kappa shape index (κ3) is 4.27. The second-order valence-corrected chi connectivity index (χ2v) is 7.64. The van der Waals surface area contributed by atoms with Gasteiger partial charge in [-0.1, -0.05) is 23.2 Å². The lowest BCUT2D eigenvalue weighted by Gasteiger charge is -2.46. The van der Waals surface area contributed by atoms with Crippen LogP contribution in [0.5, 0.6) is 0 Å². The van der Waals surface area contributed by atoms with E-state index in [0.717, 1.165) is 25.7 Å². The average Bonchev–Trinajstić information content (AvgIpc) is 2.58. The molecular formula is C18H22Cl2N2O3. The van der Waals surface area contributed by atoms with Gasteiger partial charge in [0.2, 0.25) is 5.91 Å². The molecule has 3 rings (SSSR count). The van der Waals surface area contributed by atoms with E-state index in [9.17, 15) is 9.59 Å². The monoisotopic (exact) mass is 384 g/mol. The van der Waals surface area contributed by atoms with Gasteiger partial charge in [-0.15, -0.1) is 0 Å². The third-order valence-corrected chi connectivity index (χ3v) is 5.87. The van der Waals surface area contributed by atoms with Crippen LogP contribution in [0.25, 0.3) is 0 Å². The number of nitrogens with one attached hydrogen (secondary N) is 1. The molecule has 2 aliphatic rings. The van der Waals surface area contributed by atoms with Gasteiger partial charge in [-0.3, -0.25) is 9.59 Å². The van der Waals surface area contributed by atoms with Crippen molar-refractivity contribution < 1.29 is 14.3 Å². The molecular weight excluding hydrogens is 363 g/mol. The fourth-order valence-corrected chi connectivity index (χ4v) is 3.93. The Balaban J connectivity index is 1.61. The van der Waals surface area contributed by atoms with Crippen LogP contribution in [0.1, 0.15) is 43.0 Å². The zero-order chi connectivity index (χ0) is 18.0. The predicted molar refractivity (Wildman–Crippen MR) is 97.1 cm³/mol. The molecule has 2 heterocycles. The largest absolute Gasteiger partial charge is 0.375 e. The van der Waals surface area contributed by atoms with Crippen molar-refractivity contribution in [2.75, 3.05) is 19.7 Å². The molecule has 136 valence electrons. The van der Waals surface area contributed by atoms with E-state index in [1.54, 1.807) is 25.1 Å². The molecule has 1 atom stereocenters. The number of piperidine rings is 1. The van der Waals surface area contributed by atoms with Crippen LogP contribution in [-0.2, 0) is 9.53 Å². The summed E-state index contributed by atoms with van der Waals surface area (Å²) in [5, 5.41) is 3.89. The summed E-state index contributed by atoms with van der Waals surface area (Å²) in [5.41, 5.74) is 0.265. The van der Waals surface area contributed by atoms with E-state index in [-0.39, 0.29) is 23.5 Å². The van der Waals surface area contributed by atoms with E-state index < -0.39 is 0 Å². The van der Waals surface area contributed by atoms with Gasteiger partial charge in [0.15, 0.2) is 0 Å². The molecule has 1 N–H and O–H groups in total.